The number of likely N-dealkylation sites (N-methyl/N-ethyl adjacent to an activating group) is 1. The van der Waals surface area contributed by atoms with Crippen molar-refractivity contribution < 1.29 is 9.53 Å². The highest BCUT2D eigenvalue weighted by Crippen LogP contribution is 2.14. The van der Waals surface area contributed by atoms with Crippen molar-refractivity contribution in [2.24, 2.45) is 4.99 Å². The predicted molar refractivity (Wildman–Crippen MR) is 127 cm³/mol. The molecule has 29 heavy (non-hydrogen) atoms. The van der Waals surface area contributed by atoms with Gasteiger partial charge in [-0.25, -0.2) is 4.99 Å². The van der Waals surface area contributed by atoms with Gasteiger partial charge in [-0.15, -0.1) is 24.0 Å². The second-order valence-electron chi connectivity index (χ2n) is 6.42. The fourth-order valence-electron chi connectivity index (χ4n) is 2.37. The highest BCUT2D eigenvalue weighted by atomic mass is 127. The van der Waals surface area contributed by atoms with Crippen molar-refractivity contribution in [1.82, 2.24) is 20.5 Å². The van der Waals surface area contributed by atoms with Crippen molar-refractivity contribution in [3.63, 3.8) is 0 Å². The minimum atomic E-state index is -0.0741. The molecule has 1 amide bonds. The van der Waals surface area contributed by atoms with E-state index in [2.05, 4.69) is 20.6 Å². The van der Waals surface area contributed by atoms with Gasteiger partial charge in [0.05, 0.1) is 6.54 Å². The summed E-state index contributed by atoms with van der Waals surface area (Å²) < 4.78 is 5.56. The predicted octanol–water partition coefficient (Wildman–Crippen LogP) is 2.46. The normalized spacial score (nSPS) is 10.7. The molecule has 0 aliphatic carbocycles. The number of carbonyl (C=O) groups is 1. The van der Waals surface area contributed by atoms with Gasteiger partial charge >= 0.3 is 0 Å². The zero-order chi connectivity index (χ0) is 20.2. The third-order valence-corrected chi connectivity index (χ3v) is 3.92. The first kappa shape index (κ1) is 24.7. The largest absolute Gasteiger partial charge is 0.484 e. The van der Waals surface area contributed by atoms with E-state index in [0.29, 0.717) is 12.3 Å². The number of nitrogens with one attached hydrogen (secondary N) is 2. The van der Waals surface area contributed by atoms with Crippen LogP contribution in [0.15, 0.2) is 53.7 Å². The lowest BCUT2D eigenvalue weighted by Crippen LogP contribution is -2.38. The second-order valence-corrected chi connectivity index (χ2v) is 6.42. The number of amides is 1. The van der Waals surface area contributed by atoms with Crippen molar-refractivity contribution in [2.75, 3.05) is 33.8 Å². The Balaban J connectivity index is 0.00000420. The number of guanidine groups is 1. The minimum Gasteiger partial charge on any atom is -0.484 e. The van der Waals surface area contributed by atoms with Crippen LogP contribution in [-0.2, 0) is 17.8 Å². The number of pyridine rings is 1. The molecule has 2 rings (SSSR count). The highest BCUT2D eigenvalue weighted by molar-refractivity contribution is 14.0. The highest BCUT2D eigenvalue weighted by Gasteiger charge is 2.05. The van der Waals surface area contributed by atoms with Crippen LogP contribution >= 0.6 is 24.0 Å². The van der Waals surface area contributed by atoms with Crippen LogP contribution < -0.4 is 15.4 Å². The Kier molecular flexibility index (Phi) is 11.7. The van der Waals surface area contributed by atoms with Crippen LogP contribution in [0.2, 0.25) is 0 Å². The molecule has 0 aliphatic rings. The first-order valence-electron chi connectivity index (χ1n) is 9.42. The summed E-state index contributed by atoms with van der Waals surface area (Å²) in [6, 6.07) is 13.6. The Morgan fingerprint density at radius 2 is 2.00 bits per heavy atom. The summed E-state index contributed by atoms with van der Waals surface area (Å²) in [5.41, 5.74) is 2.06. The lowest BCUT2D eigenvalue weighted by Gasteiger charge is -2.12. The molecule has 0 fully saturated rings. The number of hydrogen-bond donors (Lipinski definition) is 2. The molecular weight excluding hydrogens is 481 g/mol. The molecule has 1 aromatic heterocycles. The van der Waals surface area contributed by atoms with Crippen molar-refractivity contribution in [2.45, 2.75) is 19.9 Å². The first-order valence-corrected chi connectivity index (χ1v) is 9.42. The monoisotopic (exact) mass is 511 g/mol. The summed E-state index contributed by atoms with van der Waals surface area (Å²) in [7, 11) is 3.42. The Labute approximate surface area is 190 Å². The van der Waals surface area contributed by atoms with Gasteiger partial charge in [0.1, 0.15) is 5.75 Å². The molecule has 0 aliphatic heterocycles. The van der Waals surface area contributed by atoms with Crippen LogP contribution in [0.4, 0.5) is 0 Å². The number of nitrogens with zero attached hydrogens (tertiary/aromatic N) is 3. The van der Waals surface area contributed by atoms with Gasteiger partial charge < -0.3 is 20.3 Å². The maximum Gasteiger partial charge on any atom is 0.259 e. The molecule has 1 heterocycles. The van der Waals surface area contributed by atoms with E-state index in [1.54, 1.807) is 20.3 Å². The van der Waals surface area contributed by atoms with E-state index in [-0.39, 0.29) is 36.5 Å². The van der Waals surface area contributed by atoms with E-state index in [1.807, 2.05) is 49.4 Å². The Bertz CT molecular complexity index is 769. The molecule has 0 saturated heterocycles. The Morgan fingerprint density at radius 1 is 1.17 bits per heavy atom. The summed E-state index contributed by atoms with van der Waals surface area (Å²) in [5.74, 6) is 1.35. The minimum absolute atomic E-state index is 0. The van der Waals surface area contributed by atoms with Gasteiger partial charge in [0.2, 0.25) is 0 Å². The van der Waals surface area contributed by atoms with E-state index >= 15 is 0 Å². The van der Waals surface area contributed by atoms with Crippen LogP contribution in [0.3, 0.4) is 0 Å². The molecule has 158 valence electrons. The third-order valence-electron chi connectivity index (χ3n) is 3.92. The number of carbonyl (C=O) groups excluding carboxylic acids is 1. The molecule has 2 N–H and O–H groups in total. The Morgan fingerprint density at radius 3 is 2.69 bits per heavy atom. The third kappa shape index (κ3) is 9.60. The maximum atomic E-state index is 11.6. The topological polar surface area (TPSA) is 78.9 Å². The second kappa shape index (κ2) is 13.8. The van der Waals surface area contributed by atoms with Crippen LogP contribution in [0.1, 0.15) is 18.2 Å². The lowest BCUT2D eigenvalue weighted by atomic mass is 10.2. The number of rotatable bonds is 9. The standard InChI is InChI=1S/C21H29N5O2.HI/c1-4-22-21(24-13-11-18-9-5-6-12-23-18)25-15-17-8-7-10-19(14-17)28-16-20(27)26(2)3;/h5-10,12,14H,4,11,13,15-16H2,1-3H3,(H2,22,24,25);1H. The molecule has 0 saturated carbocycles. The van der Waals surface area contributed by atoms with Crippen molar-refractivity contribution in [3.8, 4) is 5.75 Å². The number of aliphatic imine (C=N–C) groups is 1. The van der Waals surface area contributed by atoms with Gasteiger partial charge in [-0.1, -0.05) is 18.2 Å². The summed E-state index contributed by atoms with van der Waals surface area (Å²) >= 11 is 0. The number of aromatic nitrogens is 1. The molecule has 1 aromatic carbocycles. The summed E-state index contributed by atoms with van der Waals surface area (Å²) in [6.07, 6.45) is 2.63. The molecule has 0 unspecified atom stereocenters. The number of hydrogen-bond acceptors (Lipinski definition) is 4. The molecular formula is C21H30IN5O2. The zero-order valence-electron chi connectivity index (χ0n) is 17.2. The van der Waals surface area contributed by atoms with Crippen LogP contribution in [0.25, 0.3) is 0 Å². The summed E-state index contributed by atoms with van der Waals surface area (Å²) in [6.45, 7) is 4.10. The number of halogens is 1. The number of ether oxygens (including phenoxy) is 1. The van der Waals surface area contributed by atoms with Crippen molar-refractivity contribution >= 4 is 35.8 Å². The van der Waals surface area contributed by atoms with Crippen LogP contribution in [-0.4, -0.2) is 55.5 Å². The van der Waals surface area contributed by atoms with Gasteiger partial charge in [0.15, 0.2) is 12.6 Å². The summed E-state index contributed by atoms with van der Waals surface area (Å²) in [5, 5.41) is 6.57. The quantitative estimate of drug-likeness (QED) is 0.307. The fraction of sp³-hybridized carbons (Fsp3) is 0.381. The molecule has 0 atom stereocenters. The molecule has 7 nitrogen and oxygen atoms in total. The van der Waals surface area contributed by atoms with Crippen LogP contribution in [0.5, 0.6) is 5.75 Å². The van der Waals surface area contributed by atoms with Gasteiger partial charge in [0, 0.05) is 45.5 Å². The molecule has 2 aromatic rings. The maximum absolute atomic E-state index is 11.6. The Hall–Kier alpha value is -2.36. The molecule has 0 bridgehead atoms. The average Bonchev–Trinajstić information content (AvgIpc) is 2.71. The van der Waals surface area contributed by atoms with E-state index in [9.17, 15) is 4.79 Å². The average molecular weight is 511 g/mol. The summed E-state index contributed by atoms with van der Waals surface area (Å²) in [4.78, 5) is 22.1. The van der Waals surface area contributed by atoms with E-state index in [4.69, 9.17) is 4.74 Å². The van der Waals surface area contributed by atoms with Gasteiger partial charge in [-0.2, -0.15) is 0 Å². The lowest BCUT2D eigenvalue weighted by molar-refractivity contribution is -0.130. The molecule has 0 spiro atoms. The first-order chi connectivity index (χ1) is 13.6. The zero-order valence-corrected chi connectivity index (χ0v) is 19.6. The van der Waals surface area contributed by atoms with Crippen molar-refractivity contribution in [3.05, 3.63) is 59.9 Å². The van der Waals surface area contributed by atoms with Gasteiger partial charge in [0.25, 0.3) is 5.91 Å². The SMILES string of the molecule is CCNC(=NCc1cccc(OCC(=O)N(C)C)c1)NCCc1ccccn1.I. The van der Waals surface area contributed by atoms with E-state index < -0.39 is 0 Å². The van der Waals surface area contributed by atoms with E-state index in [0.717, 1.165) is 36.7 Å². The van der Waals surface area contributed by atoms with Crippen LogP contribution in [0, 0.1) is 0 Å². The van der Waals surface area contributed by atoms with Crippen molar-refractivity contribution in [1.29, 1.82) is 0 Å². The molecule has 8 heteroatoms. The van der Waals surface area contributed by atoms with Gasteiger partial charge in [-0.3, -0.25) is 9.78 Å². The van der Waals surface area contributed by atoms with Gasteiger partial charge in [-0.05, 0) is 36.8 Å². The smallest absolute Gasteiger partial charge is 0.259 e. The fourth-order valence-corrected chi connectivity index (χ4v) is 2.37. The number of benzene rings is 1. The molecule has 0 radical (unpaired) electrons. The van der Waals surface area contributed by atoms with E-state index in [1.165, 1.54) is 4.90 Å².